The van der Waals surface area contributed by atoms with E-state index in [-0.39, 0.29) is 30.7 Å². The van der Waals surface area contributed by atoms with Gasteiger partial charge in [-0.25, -0.2) is 4.98 Å². The number of aromatic nitrogens is 3. The van der Waals surface area contributed by atoms with Gasteiger partial charge in [-0.05, 0) is 36.6 Å². The number of imidazole rings is 1. The average molecular weight is 446 g/mol. The molecule has 0 aliphatic rings. The van der Waals surface area contributed by atoms with Crippen LogP contribution in [0.25, 0.3) is 10.9 Å². The summed E-state index contributed by atoms with van der Waals surface area (Å²) >= 11 is 0. The molecule has 4 N–H and O–H groups in total. The second-order valence-corrected chi connectivity index (χ2v) is 6.92. The lowest BCUT2D eigenvalue weighted by atomic mass is 10.0. The van der Waals surface area contributed by atoms with Crippen molar-refractivity contribution in [1.82, 2.24) is 14.5 Å². The molecule has 158 valence electrons. The SMILES string of the molecule is Cc1nccn1Cc1ccccc1NC(=O)[C@@H](N)Cc1c[nH]c2ccccc12.Cl.Cl. The molecule has 8 heteroatoms. The lowest BCUT2D eigenvalue weighted by Gasteiger charge is -2.15. The summed E-state index contributed by atoms with van der Waals surface area (Å²) in [7, 11) is 0. The van der Waals surface area contributed by atoms with Crippen LogP contribution in [0.1, 0.15) is 17.0 Å². The Kier molecular flexibility index (Phi) is 8.06. The largest absolute Gasteiger partial charge is 0.361 e. The van der Waals surface area contributed by atoms with Crippen molar-refractivity contribution in [3.8, 4) is 0 Å². The number of anilines is 1. The number of carbonyl (C=O) groups is 1. The predicted octanol–water partition coefficient (Wildman–Crippen LogP) is 4.07. The fourth-order valence-corrected chi connectivity index (χ4v) is 3.39. The number of hydrogen-bond donors (Lipinski definition) is 3. The highest BCUT2D eigenvalue weighted by Crippen LogP contribution is 2.20. The molecular formula is C22H25Cl2N5O. The second kappa shape index (κ2) is 10.3. The Hall–Kier alpha value is -2.80. The number of nitrogens with one attached hydrogen (secondary N) is 2. The van der Waals surface area contributed by atoms with Crippen LogP contribution in [0, 0.1) is 6.92 Å². The van der Waals surface area contributed by atoms with Gasteiger partial charge in [0.25, 0.3) is 0 Å². The van der Waals surface area contributed by atoms with Crippen molar-refractivity contribution < 1.29 is 4.79 Å². The molecule has 2 heterocycles. The van der Waals surface area contributed by atoms with E-state index in [1.54, 1.807) is 6.20 Å². The number of amides is 1. The van der Waals surface area contributed by atoms with E-state index >= 15 is 0 Å². The number of nitrogens with two attached hydrogens (primary N) is 1. The standard InChI is InChI=1S/C22H23N5O.2ClH/c1-15-24-10-11-27(15)14-16-6-2-4-8-20(16)26-22(28)19(23)12-17-13-25-21-9-5-3-7-18(17)21;;/h2-11,13,19,25H,12,14,23H2,1H3,(H,26,28);2*1H/t19-;;/m0../s1. The van der Waals surface area contributed by atoms with E-state index in [4.69, 9.17) is 5.73 Å². The monoisotopic (exact) mass is 445 g/mol. The Labute approximate surface area is 187 Å². The second-order valence-electron chi connectivity index (χ2n) is 6.92. The quantitative estimate of drug-likeness (QED) is 0.417. The number of halogens is 2. The number of aryl methyl sites for hydroxylation is 1. The fraction of sp³-hybridized carbons (Fsp3) is 0.182. The number of hydrogen-bond acceptors (Lipinski definition) is 3. The Bertz CT molecular complexity index is 1120. The number of para-hydroxylation sites is 2. The number of nitrogens with zero attached hydrogens (tertiary/aromatic N) is 2. The minimum atomic E-state index is -0.637. The number of H-pyrrole nitrogens is 1. The molecule has 1 amide bonds. The van der Waals surface area contributed by atoms with Crippen molar-refractivity contribution in [3.63, 3.8) is 0 Å². The molecule has 0 saturated heterocycles. The van der Waals surface area contributed by atoms with Gasteiger partial charge in [0.05, 0.1) is 12.6 Å². The van der Waals surface area contributed by atoms with Gasteiger partial charge in [0.1, 0.15) is 5.82 Å². The molecule has 0 unspecified atom stereocenters. The van der Waals surface area contributed by atoms with Crippen molar-refractivity contribution in [1.29, 1.82) is 0 Å². The smallest absolute Gasteiger partial charge is 0.241 e. The molecule has 4 aromatic rings. The van der Waals surface area contributed by atoms with Crippen molar-refractivity contribution >= 4 is 47.3 Å². The van der Waals surface area contributed by atoms with E-state index in [1.807, 2.05) is 72.4 Å². The highest BCUT2D eigenvalue weighted by Gasteiger charge is 2.17. The first kappa shape index (κ1) is 23.5. The predicted molar refractivity (Wildman–Crippen MR) is 126 cm³/mol. The minimum Gasteiger partial charge on any atom is -0.361 e. The number of carbonyl (C=O) groups excluding carboxylic acids is 1. The summed E-state index contributed by atoms with van der Waals surface area (Å²) in [6.07, 6.45) is 6.09. The molecule has 2 aromatic heterocycles. The first-order valence-corrected chi connectivity index (χ1v) is 9.29. The zero-order chi connectivity index (χ0) is 19.5. The molecule has 2 aromatic carbocycles. The van der Waals surface area contributed by atoms with Crippen molar-refractivity contribution in [2.24, 2.45) is 5.73 Å². The maximum absolute atomic E-state index is 12.7. The molecule has 6 nitrogen and oxygen atoms in total. The van der Waals surface area contributed by atoms with Crippen LogP contribution in [0.15, 0.2) is 67.1 Å². The fourth-order valence-electron chi connectivity index (χ4n) is 3.39. The van der Waals surface area contributed by atoms with E-state index in [9.17, 15) is 4.79 Å². The third-order valence-corrected chi connectivity index (χ3v) is 4.99. The molecule has 30 heavy (non-hydrogen) atoms. The van der Waals surface area contributed by atoms with Gasteiger partial charge in [-0.15, -0.1) is 24.8 Å². The lowest BCUT2D eigenvalue weighted by molar-refractivity contribution is -0.117. The zero-order valence-electron chi connectivity index (χ0n) is 16.5. The molecule has 0 bridgehead atoms. The average Bonchev–Trinajstić information content (AvgIpc) is 3.30. The molecule has 0 aliphatic carbocycles. The Balaban J connectivity index is 0.00000160. The lowest BCUT2D eigenvalue weighted by Crippen LogP contribution is -2.37. The molecular weight excluding hydrogens is 421 g/mol. The summed E-state index contributed by atoms with van der Waals surface area (Å²) in [5.41, 5.74) is 10.1. The Morgan fingerprint density at radius 1 is 1.13 bits per heavy atom. The van der Waals surface area contributed by atoms with Crippen LogP contribution in [0.3, 0.4) is 0 Å². The van der Waals surface area contributed by atoms with E-state index in [2.05, 4.69) is 15.3 Å². The highest BCUT2D eigenvalue weighted by molar-refractivity contribution is 5.96. The van der Waals surface area contributed by atoms with Crippen LogP contribution in [-0.4, -0.2) is 26.5 Å². The van der Waals surface area contributed by atoms with Crippen LogP contribution in [0.4, 0.5) is 5.69 Å². The normalized spacial score (nSPS) is 11.4. The molecule has 0 spiro atoms. The van der Waals surface area contributed by atoms with Crippen molar-refractivity contribution in [2.75, 3.05) is 5.32 Å². The van der Waals surface area contributed by atoms with Gasteiger partial charge in [-0.2, -0.15) is 0 Å². The van der Waals surface area contributed by atoms with Crippen molar-refractivity contribution in [3.05, 3.63) is 84.1 Å². The van der Waals surface area contributed by atoms with E-state index in [0.717, 1.165) is 33.5 Å². The molecule has 0 saturated carbocycles. The summed E-state index contributed by atoms with van der Waals surface area (Å²) in [5, 5.41) is 4.09. The highest BCUT2D eigenvalue weighted by atomic mass is 35.5. The van der Waals surface area contributed by atoms with E-state index < -0.39 is 6.04 Å². The maximum atomic E-state index is 12.7. The van der Waals surface area contributed by atoms with Gasteiger partial charge < -0.3 is 20.6 Å². The molecule has 0 radical (unpaired) electrons. The van der Waals surface area contributed by atoms with Crippen LogP contribution in [0.5, 0.6) is 0 Å². The number of fused-ring (bicyclic) bond motifs is 1. The molecule has 1 atom stereocenters. The number of aromatic amines is 1. The van der Waals surface area contributed by atoms with Crippen molar-refractivity contribution in [2.45, 2.75) is 25.9 Å². The van der Waals surface area contributed by atoms with Crippen LogP contribution < -0.4 is 11.1 Å². The van der Waals surface area contributed by atoms with E-state index in [0.29, 0.717) is 13.0 Å². The third-order valence-electron chi connectivity index (χ3n) is 4.99. The van der Waals surface area contributed by atoms with Gasteiger partial charge in [0.15, 0.2) is 0 Å². The van der Waals surface area contributed by atoms with Gasteiger partial charge >= 0.3 is 0 Å². The summed E-state index contributed by atoms with van der Waals surface area (Å²) in [6.45, 7) is 2.60. The zero-order valence-corrected chi connectivity index (χ0v) is 18.2. The summed E-state index contributed by atoms with van der Waals surface area (Å²) in [4.78, 5) is 20.2. The summed E-state index contributed by atoms with van der Waals surface area (Å²) < 4.78 is 2.04. The molecule has 4 rings (SSSR count). The molecule has 0 aliphatic heterocycles. The van der Waals surface area contributed by atoms with Gasteiger partial charge in [0.2, 0.25) is 5.91 Å². The number of benzene rings is 2. The van der Waals surface area contributed by atoms with Gasteiger partial charge in [0, 0.05) is 35.2 Å². The van der Waals surface area contributed by atoms with Gasteiger partial charge in [-0.1, -0.05) is 36.4 Å². The first-order valence-electron chi connectivity index (χ1n) is 9.29. The molecule has 0 fully saturated rings. The maximum Gasteiger partial charge on any atom is 0.241 e. The van der Waals surface area contributed by atoms with E-state index in [1.165, 1.54) is 0 Å². The summed E-state index contributed by atoms with van der Waals surface area (Å²) in [5.74, 6) is 0.734. The Morgan fingerprint density at radius 3 is 2.63 bits per heavy atom. The first-order chi connectivity index (χ1) is 13.6. The number of rotatable bonds is 6. The Morgan fingerprint density at radius 2 is 1.87 bits per heavy atom. The van der Waals surface area contributed by atoms with Gasteiger partial charge in [-0.3, -0.25) is 4.79 Å². The van der Waals surface area contributed by atoms with Crippen LogP contribution >= 0.6 is 24.8 Å². The van der Waals surface area contributed by atoms with Crippen LogP contribution in [-0.2, 0) is 17.8 Å². The topological polar surface area (TPSA) is 88.7 Å². The summed E-state index contributed by atoms with van der Waals surface area (Å²) in [6, 6.07) is 15.1. The minimum absolute atomic E-state index is 0. The van der Waals surface area contributed by atoms with Crippen LogP contribution in [0.2, 0.25) is 0 Å². The third kappa shape index (κ3) is 5.02.